The summed E-state index contributed by atoms with van der Waals surface area (Å²) in [5.74, 6) is -6.46. The molecule has 16 heteroatoms. The first-order chi connectivity index (χ1) is 16.6. The summed E-state index contributed by atoms with van der Waals surface area (Å²) < 4.78 is 60.7. The van der Waals surface area contributed by atoms with Crippen LogP contribution in [-0.2, 0) is 26.8 Å². The number of hydrogen-bond donors (Lipinski definition) is 7. The predicted molar refractivity (Wildman–Crippen MR) is 122 cm³/mol. The van der Waals surface area contributed by atoms with Gasteiger partial charge in [0.1, 0.15) is 17.2 Å². The van der Waals surface area contributed by atoms with Gasteiger partial charge >= 0.3 is 0 Å². The van der Waals surface area contributed by atoms with E-state index in [2.05, 4.69) is 10.6 Å². The van der Waals surface area contributed by atoms with Crippen molar-refractivity contribution in [3.63, 3.8) is 0 Å². The predicted octanol–water partition coefficient (Wildman–Crippen LogP) is -0.826. The number of carbonyl (C=O) groups excluding carboxylic acids is 3. The third kappa shape index (κ3) is 5.80. The van der Waals surface area contributed by atoms with Gasteiger partial charge in [0.25, 0.3) is 26.1 Å². The van der Waals surface area contributed by atoms with Crippen molar-refractivity contribution in [2.24, 2.45) is 0 Å². The second-order valence-corrected chi connectivity index (χ2v) is 10.9. The molecule has 14 nitrogen and oxygen atoms in total. The van der Waals surface area contributed by atoms with E-state index in [1.54, 1.807) is 0 Å². The fourth-order valence-corrected chi connectivity index (χ4v) is 4.30. The van der Waals surface area contributed by atoms with Gasteiger partial charge in [0, 0.05) is 36.3 Å². The minimum Gasteiger partial charge on any atom is -0.507 e. The molecule has 1 aliphatic carbocycles. The van der Waals surface area contributed by atoms with Crippen molar-refractivity contribution < 1.29 is 55.6 Å². The van der Waals surface area contributed by atoms with Crippen LogP contribution in [0, 0.1) is 0 Å². The van der Waals surface area contributed by atoms with E-state index >= 15 is 0 Å². The zero-order valence-electron chi connectivity index (χ0n) is 18.2. The Bertz CT molecular complexity index is 1500. The molecule has 0 spiro atoms. The van der Waals surface area contributed by atoms with Gasteiger partial charge in [0.05, 0.1) is 28.2 Å². The van der Waals surface area contributed by atoms with E-state index < -0.39 is 95.3 Å². The Morgan fingerprint density at radius 2 is 1.36 bits per heavy atom. The van der Waals surface area contributed by atoms with Crippen molar-refractivity contribution in [3.05, 3.63) is 51.6 Å². The van der Waals surface area contributed by atoms with Gasteiger partial charge in [-0.2, -0.15) is 16.8 Å². The van der Waals surface area contributed by atoms with Crippen molar-refractivity contribution in [1.29, 1.82) is 0 Å². The number of rotatable bonds is 9. The van der Waals surface area contributed by atoms with Gasteiger partial charge in [-0.1, -0.05) is 0 Å². The number of amides is 1. The molecule has 0 radical (unpaired) electrons. The van der Waals surface area contributed by atoms with Gasteiger partial charge in [0.2, 0.25) is 5.78 Å². The Morgan fingerprint density at radius 3 is 1.97 bits per heavy atom. The minimum atomic E-state index is -4.35. The molecule has 0 bridgehead atoms. The van der Waals surface area contributed by atoms with E-state index in [0.717, 1.165) is 18.2 Å². The van der Waals surface area contributed by atoms with Crippen LogP contribution in [0.15, 0.2) is 18.2 Å². The van der Waals surface area contributed by atoms with Crippen molar-refractivity contribution >= 4 is 37.7 Å². The first-order valence-corrected chi connectivity index (χ1v) is 13.3. The molecule has 36 heavy (non-hydrogen) atoms. The van der Waals surface area contributed by atoms with Gasteiger partial charge in [-0.15, -0.1) is 0 Å². The molecule has 0 unspecified atom stereocenters. The first-order valence-electron chi connectivity index (χ1n) is 10.0. The molecule has 1 aliphatic rings. The molecule has 0 fully saturated rings. The van der Waals surface area contributed by atoms with E-state index in [4.69, 9.17) is 9.11 Å². The van der Waals surface area contributed by atoms with Crippen LogP contribution >= 0.6 is 0 Å². The lowest BCUT2D eigenvalue weighted by Gasteiger charge is -2.22. The summed E-state index contributed by atoms with van der Waals surface area (Å²) in [6, 6.07) is 2.72. The maximum atomic E-state index is 13.1. The molecule has 0 atom stereocenters. The number of hydrogen-bond acceptors (Lipinski definition) is 11. The summed E-state index contributed by atoms with van der Waals surface area (Å²) in [5.41, 5.74) is -2.44. The monoisotopic (exact) mass is 544 g/mol. The number of benzene rings is 2. The smallest absolute Gasteiger partial charge is 0.266 e. The second-order valence-electron chi connectivity index (χ2n) is 7.73. The van der Waals surface area contributed by atoms with Crippen molar-refractivity contribution in [2.45, 2.75) is 6.54 Å². The molecule has 3 rings (SSSR count). The molecule has 0 aromatic heterocycles. The molecule has 2 aromatic rings. The lowest BCUT2D eigenvalue weighted by atomic mass is 9.81. The average Bonchev–Trinajstić information content (AvgIpc) is 2.74. The third-order valence-electron chi connectivity index (χ3n) is 5.19. The van der Waals surface area contributed by atoms with E-state index in [1.807, 2.05) is 0 Å². The van der Waals surface area contributed by atoms with Crippen LogP contribution in [0.3, 0.4) is 0 Å². The van der Waals surface area contributed by atoms with Crippen LogP contribution in [0.4, 0.5) is 0 Å². The molecule has 0 saturated heterocycles. The van der Waals surface area contributed by atoms with Crippen LogP contribution in [0.5, 0.6) is 17.2 Å². The van der Waals surface area contributed by atoms with Gasteiger partial charge in [-0.05, 0) is 18.2 Å². The summed E-state index contributed by atoms with van der Waals surface area (Å²) >= 11 is 0. The van der Waals surface area contributed by atoms with E-state index in [1.165, 1.54) is 0 Å². The van der Waals surface area contributed by atoms with Gasteiger partial charge < -0.3 is 26.0 Å². The molecular weight excluding hydrogens is 524 g/mol. The summed E-state index contributed by atoms with van der Waals surface area (Å²) in [5, 5.41) is 36.1. The largest absolute Gasteiger partial charge is 0.507 e. The zero-order valence-corrected chi connectivity index (χ0v) is 19.8. The SMILES string of the molecule is O=C(NCCS(=O)(=O)O)c1cc(O)c2c(c1)C(=O)c1cc(O)c(CNCCS(=O)(=O)O)c(O)c1C2=O. The highest BCUT2D eigenvalue weighted by Gasteiger charge is 2.37. The van der Waals surface area contributed by atoms with E-state index in [-0.39, 0.29) is 24.2 Å². The number of carbonyl (C=O) groups is 3. The van der Waals surface area contributed by atoms with E-state index in [9.17, 15) is 46.5 Å². The Labute approximate surface area is 204 Å². The van der Waals surface area contributed by atoms with Crippen molar-refractivity contribution in [1.82, 2.24) is 10.6 Å². The topological polar surface area (TPSA) is 245 Å². The van der Waals surface area contributed by atoms with Crippen LogP contribution in [0.25, 0.3) is 0 Å². The molecule has 0 saturated carbocycles. The van der Waals surface area contributed by atoms with Crippen LogP contribution in [0.2, 0.25) is 0 Å². The molecule has 2 aromatic carbocycles. The number of phenolic OH excluding ortho intramolecular Hbond substituents is 3. The van der Waals surface area contributed by atoms with Crippen LogP contribution in [0.1, 0.15) is 47.8 Å². The Hall–Kier alpha value is -3.57. The Morgan fingerprint density at radius 1 is 0.778 bits per heavy atom. The molecule has 194 valence electrons. The average molecular weight is 545 g/mol. The van der Waals surface area contributed by atoms with Crippen molar-refractivity contribution in [2.75, 3.05) is 24.6 Å². The quantitative estimate of drug-likeness (QED) is 0.129. The van der Waals surface area contributed by atoms with Gasteiger partial charge in [0.15, 0.2) is 5.78 Å². The first kappa shape index (κ1) is 27.0. The number of aromatic hydroxyl groups is 3. The molecule has 1 amide bonds. The molecule has 0 aliphatic heterocycles. The normalized spacial score (nSPS) is 13.3. The summed E-state index contributed by atoms with van der Waals surface area (Å²) in [6.45, 7) is -1.09. The lowest BCUT2D eigenvalue weighted by Crippen LogP contribution is -2.30. The Balaban J connectivity index is 1.94. The number of ketones is 2. The van der Waals surface area contributed by atoms with Gasteiger partial charge in [-0.3, -0.25) is 23.5 Å². The fraction of sp³-hybridized carbons (Fsp3) is 0.250. The Kier molecular flexibility index (Phi) is 7.37. The minimum absolute atomic E-state index is 0.247. The number of phenols is 3. The lowest BCUT2D eigenvalue weighted by molar-refractivity contribution is 0.0951. The second kappa shape index (κ2) is 9.82. The summed E-state index contributed by atoms with van der Waals surface area (Å²) in [4.78, 5) is 38.5. The fourth-order valence-electron chi connectivity index (χ4n) is 3.53. The maximum absolute atomic E-state index is 13.1. The maximum Gasteiger partial charge on any atom is 0.266 e. The summed E-state index contributed by atoms with van der Waals surface area (Å²) in [7, 11) is -8.62. The number of fused-ring (bicyclic) bond motifs is 2. The van der Waals surface area contributed by atoms with Crippen molar-refractivity contribution in [3.8, 4) is 17.2 Å². The zero-order chi connectivity index (χ0) is 27.0. The van der Waals surface area contributed by atoms with Crippen LogP contribution in [-0.4, -0.2) is 83.3 Å². The number of nitrogens with one attached hydrogen (secondary N) is 2. The van der Waals surface area contributed by atoms with E-state index in [0.29, 0.717) is 0 Å². The summed E-state index contributed by atoms with van der Waals surface area (Å²) in [6.07, 6.45) is 0. The third-order valence-corrected chi connectivity index (χ3v) is 6.63. The van der Waals surface area contributed by atoms with Crippen LogP contribution < -0.4 is 10.6 Å². The standard InChI is InChI=1S/C20H20N2O12S2/c23-13-7-11-16(18(26)12(13)8-21-1-3-35(29,30)31)19(27)15-10(17(11)25)5-9(6-14(15)24)20(28)22-2-4-36(32,33)34/h5-7,21,23-24,26H,1-4,8H2,(H,22,28)(H,29,30,31)(H,32,33,34). The van der Waals surface area contributed by atoms with Gasteiger partial charge in [-0.25, -0.2) is 0 Å². The highest BCUT2D eigenvalue weighted by atomic mass is 32.2. The molecule has 0 heterocycles. The highest BCUT2D eigenvalue weighted by Crippen LogP contribution is 2.41. The highest BCUT2D eigenvalue weighted by molar-refractivity contribution is 7.86. The molecule has 7 N–H and O–H groups in total. The molecular formula is C20H20N2O12S2.